The Kier molecular flexibility index (Phi) is 6.14. The quantitative estimate of drug-likeness (QED) is 0.544. The van der Waals surface area contributed by atoms with E-state index in [0.717, 1.165) is 10.5 Å². The molecule has 3 rings (SSSR count). The molecule has 2 aliphatic rings. The van der Waals surface area contributed by atoms with Crippen molar-refractivity contribution < 1.29 is 38.1 Å². The Morgan fingerprint density at radius 1 is 1.11 bits per heavy atom. The predicted molar refractivity (Wildman–Crippen MR) is 97.9 cm³/mol. The van der Waals surface area contributed by atoms with E-state index in [1.54, 1.807) is 19.1 Å². The normalized spacial score (nSPS) is 28.2. The third-order valence-corrected chi connectivity index (χ3v) is 5.76. The monoisotopic (exact) mass is 410 g/mol. The predicted octanol–water partition coefficient (Wildman–Crippen LogP) is 1.86. The van der Waals surface area contributed by atoms with Crippen LogP contribution < -0.4 is 4.74 Å². The number of ether oxygens (including phenoxy) is 5. The van der Waals surface area contributed by atoms with Gasteiger partial charge in [0.1, 0.15) is 11.0 Å². The molecule has 0 amide bonds. The van der Waals surface area contributed by atoms with E-state index in [-0.39, 0.29) is 12.4 Å². The second-order valence-corrected chi connectivity index (χ2v) is 7.81. The molecular formula is C19H22O8S. The summed E-state index contributed by atoms with van der Waals surface area (Å²) in [4.78, 5) is 35.5. The van der Waals surface area contributed by atoms with Crippen LogP contribution in [0.4, 0.5) is 0 Å². The van der Waals surface area contributed by atoms with Crippen molar-refractivity contribution in [2.75, 3.05) is 7.11 Å². The number of hydrogen-bond acceptors (Lipinski definition) is 9. The zero-order chi connectivity index (χ0) is 20.4. The van der Waals surface area contributed by atoms with E-state index in [1.807, 2.05) is 6.07 Å². The molecule has 1 saturated heterocycles. The van der Waals surface area contributed by atoms with Crippen molar-refractivity contribution in [3.05, 3.63) is 23.8 Å². The minimum absolute atomic E-state index is 0.134. The Balaban J connectivity index is 1.89. The summed E-state index contributed by atoms with van der Waals surface area (Å²) >= 11 is 1.40. The molecule has 8 nitrogen and oxygen atoms in total. The molecule has 0 N–H and O–H groups in total. The summed E-state index contributed by atoms with van der Waals surface area (Å²) in [5, 5.41) is -0.440. The minimum Gasteiger partial charge on any atom is -0.469 e. The zero-order valence-corrected chi connectivity index (χ0v) is 16.8. The van der Waals surface area contributed by atoms with E-state index in [4.69, 9.17) is 23.7 Å². The summed E-state index contributed by atoms with van der Waals surface area (Å²) in [5.41, 5.74) is 0.769. The van der Waals surface area contributed by atoms with Crippen LogP contribution in [-0.2, 0) is 39.8 Å². The third-order valence-electron chi connectivity index (χ3n) is 4.42. The van der Waals surface area contributed by atoms with Crippen LogP contribution in [0.5, 0.6) is 5.75 Å². The van der Waals surface area contributed by atoms with Gasteiger partial charge in [0.05, 0.1) is 24.5 Å². The average Bonchev–Trinajstić information content (AvgIpc) is 2.62. The van der Waals surface area contributed by atoms with Gasteiger partial charge in [0.15, 0.2) is 12.2 Å². The maximum atomic E-state index is 11.7. The van der Waals surface area contributed by atoms with Crippen LogP contribution in [0.3, 0.4) is 0 Å². The highest BCUT2D eigenvalue weighted by Crippen LogP contribution is 2.46. The summed E-state index contributed by atoms with van der Waals surface area (Å²) in [5.74, 6) is -0.707. The fraction of sp³-hybridized carbons (Fsp3) is 0.526. The average molecular weight is 410 g/mol. The smallest absolute Gasteiger partial charge is 0.309 e. The van der Waals surface area contributed by atoms with E-state index in [0.29, 0.717) is 5.75 Å². The number of rotatable bonds is 4. The lowest BCUT2D eigenvalue weighted by Crippen LogP contribution is -2.60. The van der Waals surface area contributed by atoms with Crippen molar-refractivity contribution in [2.24, 2.45) is 0 Å². The standard InChI is InChI=1S/C19H22O8S/c1-9-16(25-10(2)20)17(26-11(3)21)18-19(24-9)27-13-6-5-12(7-14(13)28-18)8-15(22)23-4/h5-7,9,16-19H,8H2,1-4H3. The first-order valence-corrected chi connectivity index (χ1v) is 9.69. The van der Waals surface area contributed by atoms with Gasteiger partial charge in [0.25, 0.3) is 0 Å². The SMILES string of the molecule is COC(=O)Cc1ccc2c(c1)SC1C(O2)OC(C)C(OC(C)=O)C1OC(C)=O. The van der Waals surface area contributed by atoms with Crippen molar-refractivity contribution in [3.63, 3.8) is 0 Å². The van der Waals surface area contributed by atoms with Gasteiger partial charge in [-0.05, 0) is 24.6 Å². The van der Waals surface area contributed by atoms with Crippen LogP contribution in [0.15, 0.2) is 23.1 Å². The highest BCUT2D eigenvalue weighted by atomic mass is 32.2. The first-order valence-electron chi connectivity index (χ1n) is 8.81. The summed E-state index contributed by atoms with van der Waals surface area (Å²) in [6.07, 6.45) is -2.54. The molecule has 1 aromatic carbocycles. The molecule has 2 heterocycles. The lowest BCUT2D eigenvalue weighted by atomic mass is 10.0. The summed E-state index contributed by atoms with van der Waals surface area (Å²) in [6.45, 7) is 4.34. The van der Waals surface area contributed by atoms with Crippen molar-refractivity contribution >= 4 is 29.7 Å². The Bertz CT molecular complexity index is 779. The number of carbonyl (C=O) groups excluding carboxylic acids is 3. The van der Waals surface area contributed by atoms with Crippen molar-refractivity contribution in [1.82, 2.24) is 0 Å². The second-order valence-electron chi connectivity index (χ2n) is 6.59. The number of methoxy groups -OCH3 is 1. The van der Waals surface area contributed by atoms with Gasteiger partial charge in [-0.2, -0.15) is 0 Å². The van der Waals surface area contributed by atoms with Crippen LogP contribution in [0.25, 0.3) is 0 Å². The second kappa shape index (κ2) is 8.40. The topological polar surface area (TPSA) is 97.4 Å². The van der Waals surface area contributed by atoms with E-state index >= 15 is 0 Å². The van der Waals surface area contributed by atoms with E-state index in [1.165, 1.54) is 32.7 Å². The molecule has 1 aromatic rings. The van der Waals surface area contributed by atoms with Gasteiger partial charge in [-0.1, -0.05) is 6.07 Å². The summed E-state index contributed by atoms with van der Waals surface area (Å²) in [6, 6.07) is 5.38. The molecule has 0 aromatic heterocycles. The van der Waals surface area contributed by atoms with E-state index in [2.05, 4.69) is 0 Å². The molecule has 152 valence electrons. The summed E-state index contributed by atoms with van der Waals surface area (Å²) < 4.78 is 27.4. The van der Waals surface area contributed by atoms with Gasteiger partial charge in [-0.25, -0.2) is 0 Å². The Hall–Kier alpha value is -2.26. The number of thioether (sulfide) groups is 1. The third kappa shape index (κ3) is 4.41. The molecule has 0 bridgehead atoms. The minimum atomic E-state index is -0.751. The molecule has 9 heteroatoms. The van der Waals surface area contributed by atoms with Gasteiger partial charge < -0.3 is 23.7 Å². The number of carbonyl (C=O) groups is 3. The Morgan fingerprint density at radius 3 is 2.43 bits per heavy atom. The molecule has 2 aliphatic heterocycles. The lowest BCUT2D eigenvalue weighted by molar-refractivity contribution is -0.231. The molecule has 1 fully saturated rings. The number of esters is 3. The van der Waals surface area contributed by atoms with Crippen LogP contribution in [0.2, 0.25) is 0 Å². The molecule has 0 saturated carbocycles. The van der Waals surface area contributed by atoms with Gasteiger partial charge in [0.2, 0.25) is 6.29 Å². The van der Waals surface area contributed by atoms with Crippen LogP contribution in [0.1, 0.15) is 26.3 Å². The summed E-state index contributed by atoms with van der Waals surface area (Å²) in [7, 11) is 1.34. The van der Waals surface area contributed by atoms with Crippen LogP contribution in [-0.4, -0.2) is 54.9 Å². The largest absolute Gasteiger partial charge is 0.469 e. The molecule has 0 aliphatic carbocycles. The molecule has 0 radical (unpaired) electrons. The lowest BCUT2D eigenvalue weighted by Gasteiger charge is -2.45. The van der Waals surface area contributed by atoms with Gasteiger partial charge in [-0.3, -0.25) is 14.4 Å². The molecule has 0 spiro atoms. The van der Waals surface area contributed by atoms with Gasteiger partial charge >= 0.3 is 17.9 Å². The van der Waals surface area contributed by atoms with Crippen molar-refractivity contribution in [2.45, 2.75) is 61.9 Å². The molecule has 5 unspecified atom stereocenters. The van der Waals surface area contributed by atoms with Crippen molar-refractivity contribution in [3.8, 4) is 5.75 Å². The Morgan fingerprint density at radius 2 is 1.79 bits per heavy atom. The first kappa shape index (κ1) is 20.5. The van der Waals surface area contributed by atoms with E-state index in [9.17, 15) is 14.4 Å². The Labute approximate surface area is 166 Å². The zero-order valence-electron chi connectivity index (χ0n) is 16.0. The fourth-order valence-electron chi connectivity index (χ4n) is 3.24. The molecule has 5 atom stereocenters. The fourth-order valence-corrected chi connectivity index (χ4v) is 4.56. The highest BCUT2D eigenvalue weighted by Gasteiger charge is 2.51. The van der Waals surface area contributed by atoms with Crippen molar-refractivity contribution in [1.29, 1.82) is 0 Å². The molecule has 28 heavy (non-hydrogen) atoms. The number of benzene rings is 1. The molecular weight excluding hydrogens is 388 g/mol. The number of hydrogen-bond donors (Lipinski definition) is 0. The maximum absolute atomic E-state index is 11.7. The first-order chi connectivity index (χ1) is 13.3. The highest BCUT2D eigenvalue weighted by molar-refractivity contribution is 8.00. The van der Waals surface area contributed by atoms with E-state index < -0.39 is 41.8 Å². The van der Waals surface area contributed by atoms with Crippen LogP contribution in [0, 0.1) is 0 Å². The van der Waals surface area contributed by atoms with Gasteiger partial charge in [0, 0.05) is 13.8 Å². The maximum Gasteiger partial charge on any atom is 0.309 e. The van der Waals surface area contributed by atoms with Gasteiger partial charge in [-0.15, -0.1) is 11.8 Å². The van der Waals surface area contributed by atoms with Crippen LogP contribution >= 0.6 is 11.8 Å². The number of fused-ring (bicyclic) bond motifs is 2.